The zero-order chi connectivity index (χ0) is 26.6. The number of carbonyl (C=O) groups excluding carboxylic acids is 1. The maximum absolute atomic E-state index is 13.3. The Bertz CT molecular complexity index is 1470. The Labute approximate surface area is 223 Å². The summed E-state index contributed by atoms with van der Waals surface area (Å²) in [4.78, 5) is 31.2. The number of amides is 1. The van der Waals surface area contributed by atoms with Gasteiger partial charge in [-0.05, 0) is 48.7 Å². The molecule has 1 fully saturated rings. The fourth-order valence-electron chi connectivity index (χ4n) is 4.67. The second kappa shape index (κ2) is 11.2. The molecule has 1 unspecified atom stereocenters. The number of aromatic nitrogens is 3. The van der Waals surface area contributed by atoms with Gasteiger partial charge in [0, 0.05) is 35.9 Å². The molecule has 0 aliphatic carbocycles. The summed E-state index contributed by atoms with van der Waals surface area (Å²) in [5.41, 5.74) is 3.96. The standard InChI is InChI=1S/C27H27ClN6O4/c28-18-5-3-4-17(14-18)20-15-29-34-13-10-22(31-25(20)34)26(36)32-21-6-1-2-7-24(21)33-11-8-19(9-12-33)30-23(16-35)27(37)38/h1-7,10,13-15,19,23,30,35H,8-9,11-12,16H2,(H,32,36)(H,37,38). The third-order valence-electron chi connectivity index (χ3n) is 6.64. The minimum Gasteiger partial charge on any atom is -0.480 e. The maximum Gasteiger partial charge on any atom is 0.323 e. The lowest BCUT2D eigenvalue weighted by atomic mass is 10.0. The number of carbonyl (C=O) groups is 2. The largest absolute Gasteiger partial charge is 0.480 e. The number of aliphatic carboxylic acids is 1. The Hall–Kier alpha value is -3.99. The zero-order valence-electron chi connectivity index (χ0n) is 20.4. The van der Waals surface area contributed by atoms with Crippen molar-refractivity contribution in [3.05, 3.63) is 77.7 Å². The van der Waals surface area contributed by atoms with Gasteiger partial charge in [-0.1, -0.05) is 35.9 Å². The average Bonchev–Trinajstić information content (AvgIpc) is 3.36. The molecule has 1 atom stereocenters. The van der Waals surface area contributed by atoms with Gasteiger partial charge in [-0.25, -0.2) is 9.50 Å². The van der Waals surface area contributed by atoms with Crippen LogP contribution in [-0.2, 0) is 4.79 Å². The van der Waals surface area contributed by atoms with Crippen LogP contribution >= 0.6 is 11.6 Å². The number of benzene rings is 2. The molecule has 10 nitrogen and oxygen atoms in total. The summed E-state index contributed by atoms with van der Waals surface area (Å²) in [5.74, 6) is -1.41. The number of hydrogen-bond acceptors (Lipinski definition) is 7. The summed E-state index contributed by atoms with van der Waals surface area (Å²) in [7, 11) is 0. The molecule has 2 aromatic heterocycles. The zero-order valence-corrected chi connectivity index (χ0v) is 21.2. The molecule has 2 aromatic carbocycles. The fraction of sp³-hybridized carbons (Fsp3) is 0.259. The summed E-state index contributed by atoms with van der Waals surface area (Å²) < 4.78 is 1.62. The van der Waals surface area contributed by atoms with E-state index in [1.54, 1.807) is 29.0 Å². The summed E-state index contributed by atoms with van der Waals surface area (Å²) >= 11 is 6.16. The number of carboxylic acids is 1. The lowest BCUT2D eigenvalue weighted by Crippen LogP contribution is -2.50. The highest BCUT2D eigenvalue weighted by Crippen LogP contribution is 2.29. The van der Waals surface area contributed by atoms with Gasteiger partial charge in [-0.15, -0.1) is 0 Å². The molecule has 3 heterocycles. The molecular weight excluding hydrogens is 508 g/mol. The smallest absolute Gasteiger partial charge is 0.323 e. The Morgan fingerprint density at radius 1 is 1.11 bits per heavy atom. The molecule has 196 valence electrons. The van der Waals surface area contributed by atoms with E-state index in [0.29, 0.717) is 42.3 Å². The number of hydrogen-bond donors (Lipinski definition) is 4. The van der Waals surface area contributed by atoms with Crippen molar-refractivity contribution in [2.45, 2.75) is 24.9 Å². The normalized spacial score (nSPS) is 14.9. The van der Waals surface area contributed by atoms with Crippen LogP contribution in [0.2, 0.25) is 5.02 Å². The number of carboxylic acid groups (broad SMARTS) is 1. The number of para-hydroxylation sites is 2. The lowest BCUT2D eigenvalue weighted by Gasteiger charge is -2.35. The first-order chi connectivity index (χ1) is 18.4. The number of rotatable bonds is 8. The molecule has 0 saturated carbocycles. The van der Waals surface area contributed by atoms with Gasteiger partial charge < -0.3 is 20.4 Å². The fourth-order valence-corrected chi connectivity index (χ4v) is 4.86. The summed E-state index contributed by atoms with van der Waals surface area (Å²) in [6.07, 6.45) is 4.81. The quantitative estimate of drug-likeness (QED) is 0.271. The molecule has 1 aliphatic rings. The third kappa shape index (κ3) is 5.47. The minimum atomic E-state index is -1.06. The van der Waals surface area contributed by atoms with E-state index < -0.39 is 18.6 Å². The van der Waals surface area contributed by atoms with E-state index in [0.717, 1.165) is 16.8 Å². The van der Waals surface area contributed by atoms with Gasteiger partial charge in [-0.2, -0.15) is 5.10 Å². The highest BCUT2D eigenvalue weighted by atomic mass is 35.5. The second-order valence-electron chi connectivity index (χ2n) is 9.12. The Morgan fingerprint density at radius 3 is 2.63 bits per heavy atom. The van der Waals surface area contributed by atoms with Crippen LogP contribution in [0.5, 0.6) is 0 Å². The molecule has 0 spiro atoms. The van der Waals surface area contributed by atoms with Crippen LogP contribution in [0.3, 0.4) is 0 Å². The van der Waals surface area contributed by atoms with Crippen LogP contribution < -0.4 is 15.5 Å². The predicted molar refractivity (Wildman–Crippen MR) is 145 cm³/mol. The van der Waals surface area contributed by atoms with Gasteiger partial charge in [0.05, 0.1) is 24.2 Å². The number of aliphatic hydroxyl groups is 1. The number of anilines is 2. The molecule has 5 rings (SSSR count). The molecule has 4 aromatic rings. The number of nitrogens with one attached hydrogen (secondary N) is 2. The molecule has 11 heteroatoms. The highest BCUT2D eigenvalue weighted by Gasteiger charge is 2.26. The molecule has 1 aliphatic heterocycles. The second-order valence-corrected chi connectivity index (χ2v) is 9.56. The highest BCUT2D eigenvalue weighted by molar-refractivity contribution is 6.30. The number of halogens is 1. The van der Waals surface area contributed by atoms with E-state index in [2.05, 4.69) is 25.6 Å². The van der Waals surface area contributed by atoms with Crippen molar-refractivity contribution in [1.82, 2.24) is 19.9 Å². The van der Waals surface area contributed by atoms with Gasteiger partial charge in [0.2, 0.25) is 0 Å². The number of fused-ring (bicyclic) bond motifs is 1. The lowest BCUT2D eigenvalue weighted by molar-refractivity contribution is -0.140. The maximum atomic E-state index is 13.3. The van der Waals surface area contributed by atoms with Crippen molar-refractivity contribution in [1.29, 1.82) is 0 Å². The first-order valence-corrected chi connectivity index (χ1v) is 12.7. The third-order valence-corrected chi connectivity index (χ3v) is 6.88. The van der Waals surface area contributed by atoms with E-state index in [-0.39, 0.29) is 17.6 Å². The monoisotopic (exact) mass is 534 g/mol. The first kappa shape index (κ1) is 25.7. The molecule has 4 N–H and O–H groups in total. The number of nitrogens with zero attached hydrogens (tertiary/aromatic N) is 4. The van der Waals surface area contributed by atoms with E-state index >= 15 is 0 Å². The van der Waals surface area contributed by atoms with Crippen LogP contribution in [-0.4, -0.2) is 68.5 Å². The van der Waals surface area contributed by atoms with Crippen molar-refractivity contribution >= 4 is 40.5 Å². The summed E-state index contributed by atoms with van der Waals surface area (Å²) in [6.45, 7) is 0.890. The van der Waals surface area contributed by atoms with Crippen LogP contribution in [0.1, 0.15) is 23.3 Å². The molecular formula is C27H27ClN6O4. The summed E-state index contributed by atoms with van der Waals surface area (Å²) in [5, 5.41) is 29.4. The molecule has 38 heavy (non-hydrogen) atoms. The van der Waals surface area contributed by atoms with Crippen LogP contribution in [0.25, 0.3) is 16.8 Å². The van der Waals surface area contributed by atoms with Gasteiger partial charge in [0.25, 0.3) is 5.91 Å². The molecule has 1 saturated heterocycles. The Kier molecular flexibility index (Phi) is 7.54. The van der Waals surface area contributed by atoms with Gasteiger partial charge in [-0.3, -0.25) is 14.9 Å². The topological polar surface area (TPSA) is 132 Å². The Morgan fingerprint density at radius 2 is 1.89 bits per heavy atom. The molecule has 0 radical (unpaired) electrons. The van der Waals surface area contributed by atoms with E-state index in [1.165, 1.54) is 0 Å². The van der Waals surface area contributed by atoms with Crippen molar-refractivity contribution in [2.24, 2.45) is 0 Å². The SMILES string of the molecule is O=C(Nc1ccccc1N1CCC(NC(CO)C(=O)O)CC1)c1ccn2ncc(-c3cccc(Cl)c3)c2n1. The molecule has 1 amide bonds. The van der Waals surface area contributed by atoms with E-state index in [4.69, 9.17) is 11.6 Å². The van der Waals surface area contributed by atoms with Crippen molar-refractivity contribution in [2.75, 3.05) is 29.9 Å². The van der Waals surface area contributed by atoms with Crippen molar-refractivity contribution in [3.8, 4) is 11.1 Å². The Balaban J connectivity index is 1.31. The minimum absolute atomic E-state index is 0.0125. The van der Waals surface area contributed by atoms with Gasteiger partial charge in [0.1, 0.15) is 11.7 Å². The van der Waals surface area contributed by atoms with Gasteiger partial charge in [0.15, 0.2) is 5.65 Å². The summed E-state index contributed by atoms with van der Waals surface area (Å²) in [6, 6.07) is 15.6. The van der Waals surface area contributed by atoms with Crippen LogP contribution in [0.15, 0.2) is 67.0 Å². The van der Waals surface area contributed by atoms with E-state index in [1.807, 2.05) is 42.5 Å². The van der Waals surface area contributed by atoms with Gasteiger partial charge >= 0.3 is 5.97 Å². The van der Waals surface area contributed by atoms with Crippen LogP contribution in [0, 0.1) is 0 Å². The van der Waals surface area contributed by atoms with E-state index in [9.17, 15) is 19.8 Å². The first-order valence-electron chi connectivity index (χ1n) is 12.3. The number of piperidine rings is 1. The van der Waals surface area contributed by atoms with Crippen LogP contribution in [0.4, 0.5) is 11.4 Å². The van der Waals surface area contributed by atoms with Crippen molar-refractivity contribution < 1.29 is 19.8 Å². The molecule has 0 bridgehead atoms. The van der Waals surface area contributed by atoms with Crippen molar-refractivity contribution in [3.63, 3.8) is 0 Å². The average molecular weight is 535 g/mol. The predicted octanol–water partition coefficient (Wildman–Crippen LogP) is 3.31. The number of aliphatic hydroxyl groups excluding tert-OH is 1.